The van der Waals surface area contributed by atoms with E-state index in [0.29, 0.717) is 26.2 Å². The molecule has 1 saturated heterocycles. The fourth-order valence-electron chi connectivity index (χ4n) is 3.20. The molecule has 6 nitrogen and oxygen atoms in total. The molecule has 1 heterocycles. The second-order valence-corrected chi connectivity index (χ2v) is 7.91. The molecule has 0 unspecified atom stereocenters. The first kappa shape index (κ1) is 21.4. The molecule has 0 saturated carbocycles. The maximum absolute atomic E-state index is 12.6. The van der Waals surface area contributed by atoms with E-state index < -0.39 is 17.3 Å². The summed E-state index contributed by atoms with van der Waals surface area (Å²) in [5.74, 6) is -0.646. The van der Waals surface area contributed by atoms with E-state index in [1.54, 1.807) is 13.8 Å². The van der Waals surface area contributed by atoms with Crippen LogP contribution in [0.3, 0.4) is 0 Å². The summed E-state index contributed by atoms with van der Waals surface area (Å²) in [5.41, 5.74) is -0.600. The minimum atomic E-state index is -1.16. The van der Waals surface area contributed by atoms with Crippen LogP contribution in [0.1, 0.15) is 53.0 Å². The highest BCUT2D eigenvalue weighted by Gasteiger charge is 2.50. The summed E-state index contributed by atoms with van der Waals surface area (Å²) in [6, 6.07) is 9.82. The fourth-order valence-corrected chi connectivity index (χ4v) is 3.20. The van der Waals surface area contributed by atoms with Gasteiger partial charge in [0.15, 0.2) is 0 Å². The molecule has 0 aromatic heterocycles. The predicted octanol–water partition coefficient (Wildman–Crippen LogP) is 3.29. The van der Waals surface area contributed by atoms with Crippen molar-refractivity contribution in [2.45, 2.75) is 71.4 Å². The fraction of sp³-hybridized carbons (Fsp3) is 0.619. The molecule has 0 N–H and O–H groups in total. The van der Waals surface area contributed by atoms with Crippen molar-refractivity contribution in [3.05, 3.63) is 35.9 Å². The average molecular weight is 377 g/mol. The normalized spacial score (nSPS) is 23.2. The number of carbonyl (C=O) groups excluding carboxylic acids is 2. The van der Waals surface area contributed by atoms with Crippen LogP contribution in [0.15, 0.2) is 30.3 Å². The number of ether oxygens (including phenoxy) is 3. The van der Waals surface area contributed by atoms with E-state index in [-0.39, 0.29) is 18.4 Å². The summed E-state index contributed by atoms with van der Waals surface area (Å²) in [5, 5.41) is 0. The third-order valence-electron chi connectivity index (χ3n) is 4.50. The van der Waals surface area contributed by atoms with Crippen LogP contribution in [0.4, 0.5) is 0 Å². The van der Waals surface area contributed by atoms with Crippen LogP contribution in [0.2, 0.25) is 0 Å². The van der Waals surface area contributed by atoms with Crippen LogP contribution in [-0.4, -0.2) is 47.4 Å². The maximum atomic E-state index is 12.6. The van der Waals surface area contributed by atoms with Gasteiger partial charge in [0.25, 0.3) is 0 Å². The van der Waals surface area contributed by atoms with Crippen molar-refractivity contribution in [3.8, 4) is 0 Å². The first-order valence-electron chi connectivity index (χ1n) is 9.49. The molecular formula is C21H31NO5. The van der Waals surface area contributed by atoms with Gasteiger partial charge in [-0.15, -0.1) is 0 Å². The Morgan fingerprint density at radius 1 is 1.26 bits per heavy atom. The molecular weight excluding hydrogens is 346 g/mol. The molecule has 6 heteroatoms. The highest BCUT2D eigenvalue weighted by atomic mass is 16.6. The largest absolute Gasteiger partial charge is 0.463 e. The topological polar surface area (TPSA) is 65.1 Å². The molecule has 27 heavy (non-hydrogen) atoms. The molecule has 0 aliphatic carbocycles. The molecule has 1 aromatic carbocycles. The first-order valence-corrected chi connectivity index (χ1v) is 9.49. The Morgan fingerprint density at radius 3 is 2.52 bits per heavy atom. The SMILES string of the molecule is CCOC(=O)[C@@]1(C)OC[C@@H](CCC(=O)OC(C)(C)C)N1Cc1ccccc1. The minimum absolute atomic E-state index is 0.0767. The van der Waals surface area contributed by atoms with Crippen LogP contribution in [-0.2, 0) is 30.3 Å². The zero-order chi connectivity index (χ0) is 20.1. The monoisotopic (exact) mass is 377 g/mol. The molecule has 1 aromatic rings. The van der Waals surface area contributed by atoms with Crippen molar-refractivity contribution in [2.24, 2.45) is 0 Å². The number of nitrogens with zero attached hydrogens (tertiary/aromatic N) is 1. The van der Waals surface area contributed by atoms with Crippen LogP contribution in [0.5, 0.6) is 0 Å². The predicted molar refractivity (Wildman–Crippen MR) is 102 cm³/mol. The second kappa shape index (κ2) is 8.85. The van der Waals surface area contributed by atoms with Gasteiger partial charge in [0, 0.05) is 19.0 Å². The van der Waals surface area contributed by atoms with E-state index in [9.17, 15) is 9.59 Å². The maximum Gasteiger partial charge on any atom is 0.353 e. The lowest BCUT2D eigenvalue weighted by Gasteiger charge is -2.34. The van der Waals surface area contributed by atoms with Gasteiger partial charge in [-0.05, 0) is 46.6 Å². The summed E-state index contributed by atoms with van der Waals surface area (Å²) in [6.07, 6.45) is 0.826. The molecule has 2 atom stereocenters. The van der Waals surface area contributed by atoms with E-state index in [2.05, 4.69) is 0 Å². The lowest BCUT2D eigenvalue weighted by Crippen LogP contribution is -2.52. The third kappa shape index (κ3) is 5.78. The molecule has 0 amide bonds. The number of esters is 2. The van der Waals surface area contributed by atoms with E-state index in [1.165, 1.54) is 0 Å². The van der Waals surface area contributed by atoms with Gasteiger partial charge in [0.1, 0.15) is 5.60 Å². The van der Waals surface area contributed by atoms with E-state index in [4.69, 9.17) is 14.2 Å². The van der Waals surface area contributed by atoms with Crippen molar-refractivity contribution in [1.82, 2.24) is 4.90 Å². The number of carbonyl (C=O) groups is 2. The molecule has 1 fully saturated rings. The average Bonchev–Trinajstić information content (AvgIpc) is 2.90. The van der Waals surface area contributed by atoms with Gasteiger partial charge in [-0.3, -0.25) is 9.69 Å². The Balaban J connectivity index is 2.12. The van der Waals surface area contributed by atoms with E-state index in [0.717, 1.165) is 5.56 Å². The summed E-state index contributed by atoms with van der Waals surface area (Å²) < 4.78 is 16.5. The summed E-state index contributed by atoms with van der Waals surface area (Å²) in [7, 11) is 0. The van der Waals surface area contributed by atoms with Gasteiger partial charge in [0.05, 0.1) is 13.2 Å². The van der Waals surface area contributed by atoms with E-state index >= 15 is 0 Å². The third-order valence-corrected chi connectivity index (χ3v) is 4.50. The van der Waals surface area contributed by atoms with Crippen LogP contribution in [0, 0.1) is 0 Å². The highest BCUT2D eigenvalue weighted by Crippen LogP contribution is 2.33. The number of hydrogen-bond donors (Lipinski definition) is 0. The molecule has 2 rings (SSSR count). The zero-order valence-corrected chi connectivity index (χ0v) is 17.0. The van der Waals surface area contributed by atoms with Gasteiger partial charge < -0.3 is 14.2 Å². The Labute approximate surface area is 161 Å². The van der Waals surface area contributed by atoms with Crippen LogP contribution < -0.4 is 0 Å². The van der Waals surface area contributed by atoms with Gasteiger partial charge in [-0.1, -0.05) is 30.3 Å². The summed E-state index contributed by atoms with van der Waals surface area (Å²) >= 11 is 0. The minimum Gasteiger partial charge on any atom is -0.463 e. The highest BCUT2D eigenvalue weighted by molar-refractivity contribution is 5.79. The van der Waals surface area contributed by atoms with Crippen molar-refractivity contribution >= 4 is 11.9 Å². The molecule has 1 aliphatic rings. The quantitative estimate of drug-likeness (QED) is 0.680. The van der Waals surface area contributed by atoms with Crippen molar-refractivity contribution in [2.75, 3.05) is 13.2 Å². The van der Waals surface area contributed by atoms with Crippen molar-refractivity contribution in [3.63, 3.8) is 0 Å². The molecule has 150 valence electrons. The molecule has 1 aliphatic heterocycles. The van der Waals surface area contributed by atoms with Gasteiger partial charge >= 0.3 is 11.9 Å². The summed E-state index contributed by atoms with van der Waals surface area (Å²) in [6.45, 7) is 10.3. The lowest BCUT2D eigenvalue weighted by molar-refractivity contribution is -0.180. The molecule has 0 radical (unpaired) electrons. The van der Waals surface area contributed by atoms with Gasteiger partial charge in [-0.2, -0.15) is 0 Å². The van der Waals surface area contributed by atoms with Crippen LogP contribution >= 0.6 is 0 Å². The lowest BCUT2D eigenvalue weighted by atomic mass is 10.1. The second-order valence-electron chi connectivity index (χ2n) is 7.91. The van der Waals surface area contributed by atoms with E-state index in [1.807, 2.05) is 56.0 Å². The smallest absolute Gasteiger partial charge is 0.353 e. The summed E-state index contributed by atoms with van der Waals surface area (Å²) in [4.78, 5) is 26.7. The van der Waals surface area contributed by atoms with Crippen molar-refractivity contribution < 1.29 is 23.8 Å². The first-order chi connectivity index (χ1) is 12.7. The Kier molecular flexibility index (Phi) is 7.00. The van der Waals surface area contributed by atoms with Crippen LogP contribution in [0.25, 0.3) is 0 Å². The molecule has 0 bridgehead atoms. The Morgan fingerprint density at radius 2 is 1.93 bits per heavy atom. The Bertz CT molecular complexity index is 640. The number of hydrogen-bond acceptors (Lipinski definition) is 6. The standard InChI is InChI=1S/C21H31NO5/c1-6-25-19(24)21(5)22(14-16-10-8-7-9-11-16)17(15-26-21)12-13-18(23)27-20(2,3)4/h7-11,17H,6,12-15H2,1-5H3/t17-,21-/m1/s1. The van der Waals surface area contributed by atoms with Gasteiger partial charge in [0.2, 0.25) is 5.72 Å². The molecule has 0 spiro atoms. The van der Waals surface area contributed by atoms with Crippen molar-refractivity contribution in [1.29, 1.82) is 0 Å². The number of rotatable bonds is 7. The van der Waals surface area contributed by atoms with Gasteiger partial charge in [-0.25, -0.2) is 4.79 Å². The zero-order valence-electron chi connectivity index (χ0n) is 17.0. The Hall–Kier alpha value is -1.92. The number of benzene rings is 1.